The summed E-state index contributed by atoms with van der Waals surface area (Å²) in [5.74, 6) is 0.878. The van der Waals surface area contributed by atoms with Crippen LogP contribution in [0.2, 0.25) is 0 Å². The summed E-state index contributed by atoms with van der Waals surface area (Å²) in [5, 5.41) is 8.46. The number of rotatable bonds is 8. The van der Waals surface area contributed by atoms with Crippen LogP contribution >= 0.6 is 0 Å². The minimum Gasteiger partial charge on any atom is -0.491 e. The summed E-state index contributed by atoms with van der Waals surface area (Å²) < 4.78 is 28.1. The van der Waals surface area contributed by atoms with Crippen LogP contribution in [-0.4, -0.2) is 21.1 Å². The molecule has 0 heterocycles. The summed E-state index contributed by atoms with van der Waals surface area (Å²) in [6.07, 6.45) is 0.973. The van der Waals surface area contributed by atoms with Crippen LogP contribution in [0, 0.1) is 0 Å². The molecule has 0 aliphatic carbocycles. The van der Waals surface area contributed by atoms with Crippen molar-refractivity contribution in [3.8, 4) is 5.75 Å². The van der Waals surface area contributed by atoms with Gasteiger partial charge < -0.3 is 10.1 Å². The first kappa shape index (κ1) is 18.4. The van der Waals surface area contributed by atoms with Gasteiger partial charge in [-0.3, -0.25) is 0 Å². The molecule has 0 saturated heterocycles. The average molecular weight is 348 g/mol. The molecule has 3 N–H and O–H groups in total. The Kier molecular flexibility index (Phi) is 6.36. The summed E-state index contributed by atoms with van der Waals surface area (Å²) in [4.78, 5) is 0.140. The first-order chi connectivity index (χ1) is 11.3. The molecule has 0 aromatic heterocycles. The van der Waals surface area contributed by atoms with Crippen molar-refractivity contribution >= 4 is 10.0 Å². The van der Waals surface area contributed by atoms with Crippen LogP contribution in [0.4, 0.5) is 0 Å². The minimum absolute atomic E-state index is 0.140. The first-order valence-corrected chi connectivity index (χ1v) is 9.47. The van der Waals surface area contributed by atoms with E-state index in [1.54, 1.807) is 12.1 Å². The molecule has 0 unspecified atom stereocenters. The number of primary sulfonamides is 1. The van der Waals surface area contributed by atoms with Crippen LogP contribution in [0.5, 0.6) is 5.75 Å². The molecule has 5 nitrogen and oxygen atoms in total. The van der Waals surface area contributed by atoms with Crippen molar-refractivity contribution in [1.82, 2.24) is 5.32 Å². The molecule has 0 aliphatic rings. The molecule has 0 atom stereocenters. The van der Waals surface area contributed by atoms with Crippen molar-refractivity contribution in [3.63, 3.8) is 0 Å². The SMILES string of the molecule is CC(C)Oc1cccc(CNCCc2ccc(S(N)(=O)=O)cc2)c1. The zero-order valence-electron chi connectivity index (χ0n) is 14.0. The average Bonchev–Trinajstić information content (AvgIpc) is 2.51. The van der Waals surface area contributed by atoms with Crippen LogP contribution in [-0.2, 0) is 23.0 Å². The molecule has 0 fully saturated rings. The number of nitrogens with one attached hydrogen (secondary N) is 1. The van der Waals surface area contributed by atoms with Crippen molar-refractivity contribution in [3.05, 3.63) is 59.7 Å². The zero-order chi connectivity index (χ0) is 17.6. The zero-order valence-corrected chi connectivity index (χ0v) is 14.8. The third kappa shape index (κ3) is 5.96. The molecule has 0 radical (unpaired) electrons. The number of hydrogen-bond acceptors (Lipinski definition) is 4. The van der Waals surface area contributed by atoms with Gasteiger partial charge in [-0.15, -0.1) is 0 Å². The van der Waals surface area contributed by atoms with Gasteiger partial charge in [0, 0.05) is 6.54 Å². The molecular weight excluding hydrogens is 324 g/mol. The van der Waals surface area contributed by atoms with Gasteiger partial charge in [0.25, 0.3) is 0 Å². The molecule has 6 heteroatoms. The van der Waals surface area contributed by atoms with Gasteiger partial charge in [-0.2, -0.15) is 0 Å². The fourth-order valence-electron chi connectivity index (χ4n) is 2.31. The molecule has 2 aromatic rings. The lowest BCUT2D eigenvalue weighted by molar-refractivity contribution is 0.242. The van der Waals surface area contributed by atoms with E-state index in [9.17, 15) is 8.42 Å². The van der Waals surface area contributed by atoms with E-state index in [-0.39, 0.29) is 11.0 Å². The Balaban J connectivity index is 1.81. The fraction of sp³-hybridized carbons (Fsp3) is 0.333. The smallest absolute Gasteiger partial charge is 0.238 e. The normalized spacial score (nSPS) is 11.7. The second-order valence-corrected chi connectivity index (χ2v) is 7.49. The Labute approximate surface area is 143 Å². The third-order valence-corrected chi connectivity index (χ3v) is 4.37. The van der Waals surface area contributed by atoms with Crippen molar-refractivity contribution < 1.29 is 13.2 Å². The number of benzene rings is 2. The minimum atomic E-state index is -3.62. The van der Waals surface area contributed by atoms with Crippen LogP contribution < -0.4 is 15.2 Å². The predicted octanol–water partition coefficient (Wildman–Crippen LogP) is 2.45. The van der Waals surface area contributed by atoms with Crippen molar-refractivity contribution in [2.24, 2.45) is 5.14 Å². The molecule has 2 aromatic carbocycles. The standard InChI is InChI=1S/C18H24N2O3S/c1-14(2)23-17-5-3-4-16(12-17)13-20-11-10-15-6-8-18(9-7-15)24(19,21)22/h3-9,12,14,20H,10-11,13H2,1-2H3,(H2,19,21,22). The Morgan fingerprint density at radius 3 is 2.42 bits per heavy atom. The van der Waals surface area contributed by atoms with Gasteiger partial charge in [0.1, 0.15) is 5.75 Å². The van der Waals surface area contributed by atoms with E-state index in [0.29, 0.717) is 0 Å². The molecule has 130 valence electrons. The fourth-order valence-corrected chi connectivity index (χ4v) is 2.83. The van der Waals surface area contributed by atoms with Crippen molar-refractivity contribution in [1.29, 1.82) is 0 Å². The van der Waals surface area contributed by atoms with Crippen molar-refractivity contribution in [2.75, 3.05) is 6.54 Å². The Morgan fingerprint density at radius 1 is 1.08 bits per heavy atom. The molecule has 0 amide bonds. The Morgan fingerprint density at radius 2 is 1.79 bits per heavy atom. The van der Waals surface area contributed by atoms with Gasteiger partial charge in [-0.25, -0.2) is 13.6 Å². The van der Waals surface area contributed by atoms with E-state index in [4.69, 9.17) is 9.88 Å². The van der Waals surface area contributed by atoms with Gasteiger partial charge in [0.05, 0.1) is 11.0 Å². The van der Waals surface area contributed by atoms with E-state index < -0.39 is 10.0 Å². The Hall–Kier alpha value is -1.89. The molecule has 2 rings (SSSR count). The lowest BCUT2D eigenvalue weighted by Crippen LogP contribution is -2.17. The number of nitrogens with two attached hydrogens (primary N) is 1. The molecule has 24 heavy (non-hydrogen) atoms. The van der Waals surface area contributed by atoms with Gasteiger partial charge in [0.15, 0.2) is 0 Å². The van der Waals surface area contributed by atoms with Crippen LogP contribution in [0.25, 0.3) is 0 Å². The predicted molar refractivity (Wildman–Crippen MR) is 95.4 cm³/mol. The van der Waals surface area contributed by atoms with Gasteiger partial charge >= 0.3 is 0 Å². The quantitative estimate of drug-likeness (QED) is 0.718. The molecular formula is C18H24N2O3S. The van der Waals surface area contributed by atoms with Crippen LogP contribution in [0.3, 0.4) is 0 Å². The van der Waals surface area contributed by atoms with Gasteiger partial charge in [0.2, 0.25) is 10.0 Å². The highest BCUT2D eigenvalue weighted by Crippen LogP contribution is 2.15. The van der Waals surface area contributed by atoms with E-state index in [1.165, 1.54) is 12.1 Å². The summed E-state index contributed by atoms with van der Waals surface area (Å²) in [6, 6.07) is 14.7. The van der Waals surface area contributed by atoms with E-state index in [2.05, 4.69) is 11.4 Å². The second-order valence-electron chi connectivity index (χ2n) is 5.93. The lowest BCUT2D eigenvalue weighted by Gasteiger charge is -2.11. The third-order valence-electron chi connectivity index (χ3n) is 3.44. The molecule has 0 aliphatic heterocycles. The number of hydrogen-bond donors (Lipinski definition) is 2. The second kappa shape index (κ2) is 8.28. The monoisotopic (exact) mass is 348 g/mol. The highest BCUT2D eigenvalue weighted by molar-refractivity contribution is 7.89. The highest BCUT2D eigenvalue weighted by Gasteiger charge is 2.06. The maximum Gasteiger partial charge on any atom is 0.238 e. The maximum absolute atomic E-state index is 11.2. The molecule has 0 bridgehead atoms. The number of ether oxygens (including phenoxy) is 1. The molecule has 0 spiro atoms. The first-order valence-electron chi connectivity index (χ1n) is 7.92. The van der Waals surface area contributed by atoms with E-state index >= 15 is 0 Å². The summed E-state index contributed by atoms with van der Waals surface area (Å²) in [5.41, 5.74) is 2.23. The van der Waals surface area contributed by atoms with E-state index in [0.717, 1.165) is 36.4 Å². The van der Waals surface area contributed by atoms with Gasteiger partial charge in [-0.1, -0.05) is 24.3 Å². The maximum atomic E-state index is 11.2. The summed E-state index contributed by atoms with van der Waals surface area (Å²) in [7, 11) is -3.62. The number of sulfonamides is 1. The largest absolute Gasteiger partial charge is 0.491 e. The topological polar surface area (TPSA) is 81.4 Å². The summed E-state index contributed by atoms with van der Waals surface area (Å²) >= 11 is 0. The molecule has 0 saturated carbocycles. The van der Waals surface area contributed by atoms with Crippen LogP contribution in [0.15, 0.2) is 53.4 Å². The van der Waals surface area contributed by atoms with Crippen LogP contribution in [0.1, 0.15) is 25.0 Å². The Bertz CT molecular complexity index is 756. The van der Waals surface area contributed by atoms with Gasteiger partial charge in [-0.05, 0) is 62.2 Å². The van der Waals surface area contributed by atoms with E-state index in [1.807, 2.05) is 32.0 Å². The highest BCUT2D eigenvalue weighted by atomic mass is 32.2. The lowest BCUT2D eigenvalue weighted by atomic mass is 10.1. The van der Waals surface area contributed by atoms with Crippen molar-refractivity contribution in [2.45, 2.75) is 37.8 Å². The summed E-state index contributed by atoms with van der Waals surface area (Å²) in [6.45, 7) is 5.56.